The number of ether oxygens (including phenoxy) is 1. The van der Waals surface area contributed by atoms with Crippen LogP contribution >= 0.6 is 0 Å². The van der Waals surface area contributed by atoms with Crippen LogP contribution in [0.5, 0.6) is 5.75 Å². The molecule has 0 atom stereocenters. The smallest absolute Gasteiger partial charge is 0.416 e. The number of anilines is 1. The average Bonchev–Trinajstić information content (AvgIpc) is 2.60. The zero-order valence-electron chi connectivity index (χ0n) is 16.0. The second-order valence-corrected chi connectivity index (χ2v) is 8.08. The highest BCUT2D eigenvalue weighted by molar-refractivity contribution is 7.89. The summed E-state index contributed by atoms with van der Waals surface area (Å²) in [5.74, 6) is -0.583. The average molecular weight is 430 g/mol. The Hall–Kier alpha value is -2.59. The summed E-state index contributed by atoms with van der Waals surface area (Å²) in [6.45, 7) is 5.22. The zero-order chi connectivity index (χ0) is 21.8. The van der Waals surface area contributed by atoms with Gasteiger partial charge in [0.2, 0.25) is 10.0 Å². The van der Waals surface area contributed by atoms with Gasteiger partial charge in [0.25, 0.3) is 5.91 Å². The van der Waals surface area contributed by atoms with Crippen molar-refractivity contribution in [3.8, 4) is 5.75 Å². The van der Waals surface area contributed by atoms with Crippen LogP contribution in [0.3, 0.4) is 0 Å². The molecule has 6 nitrogen and oxygen atoms in total. The Kier molecular flexibility index (Phi) is 6.91. The predicted molar refractivity (Wildman–Crippen MR) is 102 cm³/mol. The normalized spacial score (nSPS) is 12.1. The first-order valence-corrected chi connectivity index (χ1v) is 10.2. The number of carbonyl (C=O) groups is 1. The largest absolute Gasteiger partial charge is 0.492 e. The molecule has 0 saturated carbocycles. The van der Waals surface area contributed by atoms with Crippen molar-refractivity contribution < 1.29 is 31.1 Å². The number of nitrogens with one attached hydrogen (secondary N) is 2. The first-order valence-electron chi connectivity index (χ1n) is 8.72. The number of carbonyl (C=O) groups excluding carboxylic acids is 1. The van der Waals surface area contributed by atoms with Crippen LogP contribution < -0.4 is 14.8 Å². The van der Waals surface area contributed by atoms with Crippen LogP contribution in [0.4, 0.5) is 18.9 Å². The van der Waals surface area contributed by atoms with Crippen LogP contribution in [-0.2, 0) is 16.2 Å². The number of hydrogen-bond acceptors (Lipinski definition) is 4. The van der Waals surface area contributed by atoms with Gasteiger partial charge in [-0.05, 0) is 63.2 Å². The van der Waals surface area contributed by atoms with Gasteiger partial charge in [-0.25, -0.2) is 13.1 Å². The van der Waals surface area contributed by atoms with E-state index in [0.717, 1.165) is 30.3 Å². The molecule has 0 aliphatic heterocycles. The number of amides is 1. The standard InChI is InChI=1S/C19H21F3N2O4S/c1-4-28-16-10-5-13(11-17(16)29(26,27)24-12(2)3)18(25)23-15-8-6-14(7-9-15)19(20,21)22/h5-12,24H,4H2,1-3H3,(H,23,25). The van der Waals surface area contributed by atoms with Crippen molar-refractivity contribution in [1.29, 1.82) is 0 Å². The molecule has 0 unspecified atom stereocenters. The topological polar surface area (TPSA) is 84.5 Å². The van der Waals surface area contributed by atoms with Crippen LogP contribution in [0.2, 0.25) is 0 Å². The molecule has 1 amide bonds. The molecule has 0 saturated heterocycles. The number of rotatable bonds is 7. The molecule has 2 aromatic carbocycles. The summed E-state index contributed by atoms with van der Waals surface area (Å²) < 4.78 is 70.8. The number of benzene rings is 2. The molecule has 0 aliphatic rings. The number of hydrogen-bond donors (Lipinski definition) is 2. The molecule has 2 N–H and O–H groups in total. The fourth-order valence-corrected chi connectivity index (χ4v) is 3.88. The fraction of sp³-hybridized carbons (Fsp3) is 0.316. The molecule has 2 aromatic rings. The third kappa shape index (κ3) is 5.94. The van der Waals surface area contributed by atoms with E-state index in [1.54, 1.807) is 20.8 Å². The van der Waals surface area contributed by atoms with E-state index in [0.29, 0.717) is 0 Å². The van der Waals surface area contributed by atoms with Crippen LogP contribution in [0.25, 0.3) is 0 Å². The van der Waals surface area contributed by atoms with Crippen LogP contribution in [0.1, 0.15) is 36.7 Å². The van der Waals surface area contributed by atoms with Gasteiger partial charge < -0.3 is 10.1 Å². The SMILES string of the molecule is CCOc1ccc(C(=O)Nc2ccc(C(F)(F)F)cc2)cc1S(=O)(=O)NC(C)C. The maximum absolute atomic E-state index is 12.6. The molecule has 0 spiro atoms. The fourth-order valence-electron chi connectivity index (χ4n) is 2.45. The summed E-state index contributed by atoms with van der Waals surface area (Å²) in [5, 5.41) is 2.45. The van der Waals surface area contributed by atoms with Gasteiger partial charge in [0.1, 0.15) is 10.6 Å². The number of halogens is 3. The Morgan fingerprint density at radius 1 is 1.10 bits per heavy atom. The van der Waals surface area contributed by atoms with Crippen LogP contribution in [-0.4, -0.2) is 27.0 Å². The van der Waals surface area contributed by atoms with Crippen molar-refractivity contribution in [2.75, 3.05) is 11.9 Å². The van der Waals surface area contributed by atoms with E-state index < -0.39 is 27.7 Å². The number of alkyl halides is 3. The molecule has 2 rings (SSSR count). The van der Waals surface area contributed by atoms with Crippen LogP contribution in [0.15, 0.2) is 47.4 Å². The van der Waals surface area contributed by atoms with E-state index in [4.69, 9.17) is 4.74 Å². The summed E-state index contributed by atoms with van der Waals surface area (Å²) in [5.41, 5.74) is -0.691. The highest BCUT2D eigenvalue weighted by Gasteiger charge is 2.30. The summed E-state index contributed by atoms with van der Waals surface area (Å²) in [6, 6.07) is 7.44. The zero-order valence-corrected chi connectivity index (χ0v) is 16.8. The van der Waals surface area contributed by atoms with Gasteiger partial charge in [0.05, 0.1) is 12.2 Å². The lowest BCUT2D eigenvalue weighted by Gasteiger charge is -2.15. The molecule has 0 fully saturated rings. The lowest BCUT2D eigenvalue weighted by Crippen LogP contribution is -2.30. The van der Waals surface area contributed by atoms with Gasteiger partial charge >= 0.3 is 6.18 Å². The second-order valence-electron chi connectivity index (χ2n) is 6.40. The van der Waals surface area contributed by atoms with Gasteiger partial charge in [-0.2, -0.15) is 13.2 Å². The predicted octanol–water partition coefficient (Wildman–Crippen LogP) is 4.04. The number of sulfonamides is 1. The maximum atomic E-state index is 12.6. The summed E-state index contributed by atoms with van der Waals surface area (Å²) >= 11 is 0. The third-order valence-corrected chi connectivity index (χ3v) is 5.34. The van der Waals surface area contributed by atoms with Crippen molar-refractivity contribution in [2.24, 2.45) is 0 Å². The lowest BCUT2D eigenvalue weighted by molar-refractivity contribution is -0.137. The Bertz CT molecular complexity index is 972. The molecular weight excluding hydrogens is 409 g/mol. The molecule has 158 valence electrons. The molecular formula is C19H21F3N2O4S. The summed E-state index contributed by atoms with van der Waals surface area (Å²) in [7, 11) is -3.94. The monoisotopic (exact) mass is 430 g/mol. The van der Waals surface area contributed by atoms with Crippen molar-refractivity contribution >= 4 is 21.6 Å². The van der Waals surface area contributed by atoms with Crippen molar-refractivity contribution in [3.05, 3.63) is 53.6 Å². The molecule has 0 radical (unpaired) electrons. The van der Waals surface area contributed by atoms with Gasteiger partial charge in [0.15, 0.2) is 0 Å². The van der Waals surface area contributed by atoms with E-state index in [1.165, 1.54) is 12.1 Å². The van der Waals surface area contributed by atoms with E-state index in [-0.39, 0.29) is 34.5 Å². The minimum atomic E-state index is -4.48. The Morgan fingerprint density at radius 2 is 1.72 bits per heavy atom. The van der Waals surface area contributed by atoms with Gasteiger partial charge in [0, 0.05) is 17.3 Å². The second kappa shape index (κ2) is 8.83. The quantitative estimate of drug-likeness (QED) is 0.694. The highest BCUT2D eigenvalue weighted by atomic mass is 32.2. The van der Waals surface area contributed by atoms with E-state index in [1.807, 2.05) is 0 Å². The molecule has 10 heteroatoms. The molecule has 0 aromatic heterocycles. The van der Waals surface area contributed by atoms with Crippen molar-refractivity contribution in [2.45, 2.75) is 37.9 Å². The Morgan fingerprint density at radius 3 is 2.24 bits per heavy atom. The molecule has 0 aliphatic carbocycles. The minimum Gasteiger partial charge on any atom is -0.492 e. The van der Waals surface area contributed by atoms with Crippen LogP contribution in [0, 0.1) is 0 Å². The summed E-state index contributed by atoms with van der Waals surface area (Å²) in [4.78, 5) is 12.3. The Balaban J connectivity index is 2.32. The van der Waals surface area contributed by atoms with Gasteiger partial charge in [-0.15, -0.1) is 0 Å². The summed E-state index contributed by atoms with van der Waals surface area (Å²) in [6.07, 6.45) is -4.48. The minimum absolute atomic E-state index is 0.0116. The Labute approximate surface area is 167 Å². The van der Waals surface area contributed by atoms with Crippen molar-refractivity contribution in [3.63, 3.8) is 0 Å². The third-order valence-electron chi connectivity index (χ3n) is 3.66. The maximum Gasteiger partial charge on any atom is 0.416 e. The first-order chi connectivity index (χ1) is 13.4. The molecule has 29 heavy (non-hydrogen) atoms. The highest BCUT2D eigenvalue weighted by Crippen LogP contribution is 2.30. The van der Waals surface area contributed by atoms with Crippen molar-refractivity contribution in [1.82, 2.24) is 4.72 Å². The first kappa shape index (κ1) is 22.7. The van der Waals surface area contributed by atoms with E-state index in [2.05, 4.69) is 10.0 Å². The molecule has 0 heterocycles. The van der Waals surface area contributed by atoms with Gasteiger partial charge in [-0.1, -0.05) is 0 Å². The van der Waals surface area contributed by atoms with E-state index >= 15 is 0 Å². The lowest BCUT2D eigenvalue weighted by atomic mass is 10.1. The van der Waals surface area contributed by atoms with E-state index in [9.17, 15) is 26.4 Å². The molecule has 0 bridgehead atoms. The van der Waals surface area contributed by atoms with Gasteiger partial charge in [-0.3, -0.25) is 4.79 Å².